The fourth-order valence-corrected chi connectivity index (χ4v) is 2.68. The molecule has 4 heteroatoms. The van der Waals surface area contributed by atoms with Crippen LogP contribution in [0.5, 0.6) is 0 Å². The van der Waals surface area contributed by atoms with E-state index in [1.54, 1.807) is 0 Å². The average Bonchev–Trinajstić information content (AvgIpc) is 2.85. The van der Waals surface area contributed by atoms with Crippen LogP contribution >= 0.6 is 0 Å². The molecule has 1 unspecified atom stereocenters. The van der Waals surface area contributed by atoms with Crippen molar-refractivity contribution in [2.24, 2.45) is 0 Å². The van der Waals surface area contributed by atoms with Crippen molar-refractivity contribution in [1.82, 2.24) is 0 Å². The lowest BCUT2D eigenvalue weighted by Gasteiger charge is -2.23. The van der Waals surface area contributed by atoms with Gasteiger partial charge < -0.3 is 4.74 Å². The Morgan fingerprint density at radius 3 is 2.22 bits per heavy atom. The third-order valence-electron chi connectivity index (χ3n) is 3.74. The number of nitrogens with zero attached hydrogens (tertiary/aromatic N) is 1. The van der Waals surface area contributed by atoms with Crippen molar-refractivity contribution < 1.29 is 14.3 Å². The summed E-state index contributed by atoms with van der Waals surface area (Å²) in [5.41, 5.74) is 1.57. The number of hydrogen-bond acceptors (Lipinski definition) is 3. The molecule has 0 radical (unpaired) electrons. The first kappa shape index (κ1) is 15.0. The van der Waals surface area contributed by atoms with Gasteiger partial charge in [-0.2, -0.15) is 0 Å². The van der Waals surface area contributed by atoms with Crippen LogP contribution in [0.1, 0.15) is 18.5 Å². The summed E-state index contributed by atoms with van der Waals surface area (Å²) < 4.78 is 5.20. The highest BCUT2D eigenvalue weighted by Gasteiger charge is 2.45. The first-order valence-electron chi connectivity index (χ1n) is 7.53. The van der Waals surface area contributed by atoms with E-state index in [9.17, 15) is 9.59 Å². The van der Waals surface area contributed by atoms with Gasteiger partial charge in [0.1, 0.15) is 11.6 Å². The molecule has 0 aliphatic carbocycles. The minimum absolute atomic E-state index is 0.0876. The maximum Gasteiger partial charge on any atom is 0.266 e. The van der Waals surface area contributed by atoms with Crippen LogP contribution in [0.2, 0.25) is 0 Å². The molecule has 1 heterocycles. The quantitative estimate of drug-likeness (QED) is 0.495. The first-order chi connectivity index (χ1) is 11.2. The fraction of sp³-hybridized carbons (Fsp3) is 0.158. The molecule has 0 saturated carbocycles. The summed E-state index contributed by atoms with van der Waals surface area (Å²) in [5.74, 6) is -0.568. The summed E-state index contributed by atoms with van der Waals surface area (Å²) in [5, 5.41) is 0. The predicted octanol–water partition coefficient (Wildman–Crippen LogP) is 3.26. The molecule has 2 aromatic carbocycles. The highest BCUT2D eigenvalue weighted by molar-refractivity contribution is 6.33. The van der Waals surface area contributed by atoms with Crippen LogP contribution in [0.3, 0.4) is 0 Å². The molecular formula is C19H17NO3. The van der Waals surface area contributed by atoms with Crippen molar-refractivity contribution in [1.29, 1.82) is 0 Å². The Morgan fingerprint density at radius 2 is 1.61 bits per heavy atom. The van der Waals surface area contributed by atoms with Gasteiger partial charge >= 0.3 is 0 Å². The molecule has 1 fully saturated rings. The average molecular weight is 307 g/mol. The second-order valence-electron chi connectivity index (χ2n) is 5.18. The van der Waals surface area contributed by atoms with Crippen LogP contribution in [0.25, 0.3) is 0 Å². The van der Waals surface area contributed by atoms with E-state index in [-0.39, 0.29) is 17.3 Å². The second-order valence-corrected chi connectivity index (χ2v) is 5.18. The van der Waals surface area contributed by atoms with E-state index in [1.807, 2.05) is 67.6 Å². The Balaban J connectivity index is 2.10. The zero-order valence-electron chi connectivity index (χ0n) is 12.8. The van der Waals surface area contributed by atoms with E-state index in [0.29, 0.717) is 12.3 Å². The van der Waals surface area contributed by atoms with Crippen LogP contribution in [0, 0.1) is 0 Å². The van der Waals surface area contributed by atoms with Gasteiger partial charge in [-0.15, -0.1) is 0 Å². The number of amides is 1. The second kappa shape index (κ2) is 6.48. The maximum atomic E-state index is 12.8. The van der Waals surface area contributed by atoms with Crippen molar-refractivity contribution in [3.05, 3.63) is 78.1 Å². The highest BCUT2D eigenvalue weighted by atomic mass is 16.5. The number of carbonyl (C=O) groups excluding carboxylic acids is 2. The molecule has 1 saturated heterocycles. The maximum absolute atomic E-state index is 12.8. The van der Waals surface area contributed by atoms with Gasteiger partial charge in [-0.3, -0.25) is 14.5 Å². The molecule has 4 nitrogen and oxygen atoms in total. The summed E-state index contributed by atoms with van der Waals surface area (Å²) >= 11 is 0. The Labute approximate surface area is 135 Å². The number of anilines is 1. The SMILES string of the molecule is CCO/C=C1/C(=O)C(c2ccccc2)N(c2ccccc2)C1=O. The van der Waals surface area contributed by atoms with Gasteiger partial charge in [-0.25, -0.2) is 0 Å². The number of ether oxygens (including phenoxy) is 1. The Kier molecular flexibility index (Phi) is 4.24. The van der Waals surface area contributed by atoms with Gasteiger partial charge in [0.25, 0.3) is 5.91 Å². The molecular weight excluding hydrogens is 290 g/mol. The molecule has 0 spiro atoms. The zero-order chi connectivity index (χ0) is 16.2. The van der Waals surface area contributed by atoms with E-state index >= 15 is 0 Å². The van der Waals surface area contributed by atoms with Crippen LogP contribution in [-0.2, 0) is 14.3 Å². The lowest BCUT2D eigenvalue weighted by Crippen LogP contribution is -2.28. The van der Waals surface area contributed by atoms with Gasteiger partial charge in [0.15, 0.2) is 5.78 Å². The Morgan fingerprint density at radius 1 is 1.00 bits per heavy atom. The fourth-order valence-electron chi connectivity index (χ4n) is 2.68. The van der Waals surface area contributed by atoms with Crippen molar-refractivity contribution >= 4 is 17.4 Å². The summed E-state index contributed by atoms with van der Waals surface area (Å²) in [6.45, 7) is 2.22. The molecule has 23 heavy (non-hydrogen) atoms. The first-order valence-corrected chi connectivity index (χ1v) is 7.53. The molecule has 3 rings (SSSR count). The lowest BCUT2D eigenvalue weighted by atomic mass is 10.0. The van der Waals surface area contributed by atoms with Crippen LogP contribution in [0.4, 0.5) is 5.69 Å². The molecule has 0 aromatic heterocycles. The standard InChI is InChI=1S/C19H17NO3/c1-2-23-13-16-18(21)17(14-9-5-3-6-10-14)20(19(16)22)15-11-7-4-8-12-15/h3-13,17H,2H2,1H3/b16-13-. The van der Waals surface area contributed by atoms with Gasteiger partial charge in [0, 0.05) is 5.69 Å². The molecule has 1 aliphatic rings. The highest BCUT2D eigenvalue weighted by Crippen LogP contribution is 2.37. The van der Waals surface area contributed by atoms with Crippen molar-refractivity contribution in [3.8, 4) is 0 Å². The third-order valence-corrected chi connectivity index (χ3v) is 3.74. The van der Waals surface area contributed by atoms with Gasteiger partial charge in [0.2, 0.25) is 0 Å². The zero-order valence-corrected chi connectivity index (χ0v) is 12.8. The van der Waals surface area contributed by atoms with Gasteiger partial charge in [0.05, 0.1) is 12.9 Å². The van der Waals surface area contributed by atoms with E-state index in [4.69, 9.17) is 4.74 Å². The number of rotatable bonds is 4. The van der Waals surface area contributed by atoms with Gasteiger partial charge in [-0.05, 0) is 24.6 Å². The normalized spacial score (nSPS) is 19.4. The molecule has 1 amide bonds. The van der Waals surface area contributed by atoms with Crippen molar-refractivity contribution in [2.45, 2.75) is 13.0 Å². The topological polar surface area (TPSA) is 46.6 Å². The van der Waals surface area contributed by atoms with E-state index < -0.39 is 6.04 Å². The molecule has 2 aromatic rings. The minimum Gasteiger partial charge on any atom is -0.501 e. The number of para-hydroxylation sites is 1. The van der Waals surface area contributed by atoms with Crippen molar-refractivity contribution in [2.75, 3.05) is 11.5 Å². The predicted molar refractivity (Wildman–Crippen MR) is 87.8 cm³/mol. The molecule has 0 bridgehead atoms. The van der Waals surface area contributed by atoms with E-state index in [2.05, 4.69) is 0 Å². The molecule has 1 aliphatic heterocycles. The molecule has 0 N–H and O–H groups in total. The summed E-state index contributed by atoms with van der Waals surface area (Å²) in [6.07, 6.45) is 1.28. The van der Waals surface area contributed by atoms with Crippen LogP contribution < -0.4 is 4.90 Å². The summed E-state index contributed by atoms with van der Waals surface area (Å²) in [6, 6.07) is 17.9. The summed E-state index contributed by atoms with van der Waals surface area (Å²) in [4.78, 5) is 27.1. The number of ketones is 1. The number of carbonyl (C=O) groups is 2. The number of hydrogen-bond donors (Lipinski definition) is 0. The van der Waals surface area contributed by atoms with Crippen LogP contribution in [0.15, 0.2) is 72.5 Å². The molecule has 116 valence electrons. The lowest BCUT2D eigenvalue weighted by molar-refractivity contribution is -0.117. The van der Waals surface area contributed by atoms with E-state index in [0.717, 1.165) is 5.56 Å². The van der Waals surface area contributed by atoms with Crippen LogP contribution in [-0.4, -0.2) is 18.3 Å². The molecule has 1 atom stereocenters. The minimum atomic E-state index is -0.655. The van der Waals surface area contributed by atoms with Crippen molar-refractivity contribution in [3.63, 3.8) is 0 Å². The third kappa shape index (κ3) is 2.75. The van der Waals surface area contributed by atoms with Gasteiger partial charge in [-0.1, -0.05) is 48.5 Å². The number of Topliss-reactive ketones (excluding diaryl/α,β-unsaturated/α-hetero) is 1. The Hall–Kier alpha value is -2.88. The van der Waals surface area contributed by atoms with E-state index in [1.165, 1.54) is 11.2 Å². The smallest absolute Gasteiger partial charge is 0.266 e. The monoisotopic (exact) mass is 307 g/mol. The largest absolute Gasteiger partial charge is 0.501 e. The Bertz CT molecular complexity index is 678. The number of benzene rings is 2. The summed E-state index contributed by atoms with van der Waals surface area (Å²) in [7, 11) is 0.